The smallest absolute Gasteiger partial charge is 0.502 e. The number of benzene rings is 8. The number of pyridine rings is 4. The van der Waals surface area contributed by atoms with E-state index in [-0.39, 0.29) is 109 Å². The summed E-state index contributed by atoms with van der Waals surface area (Å²) in [5, 5.41) is 79.4. The maximum absolute atomic E-state index is 13.6. The number of aromatic carboxylic acids is 1. The van der Waals surface area contributed by atoms with Crippen molar-refractivity contribution in [2.24, 2.45) is 0 Å². The van der Waals surface area contributed by atoms with E-state index in [1.165, 1.54) is 116 Å². The second-order valence-electron chi connectivity index (χ2n) is 30.3. The number of ether oxygens (including phenoxy) is 1. The molecule has 2 fully saturated rings. The molecule has 2 saturated heterocycles. The number of aromatic hydroxyl groups is 1. The van der Waals surface area contributed by atoms with Crippen molar-refractivity contribution in [3.63, 3.8) is 0 Å². The summed E-state index contributed by atoms with van der Waals surface area (Å²) in [7, 11) is -7.04. The van der Waals surface area contributed by atoms with Gasteiger partial charge < -0.3 is 49.3 Å². The molecule has 8 aromatic carbocycles. The Morgan fingerprint density at radius 2 is 0.792 bits per heavy atom. The molecule has 14 rings (SSSR count). The number of morpholine rings is 1. The second kappa shape index (κ2) is 48.9. The Kier molecular flexibility index (Phi) is 38.5. The fourth-order valence-electron chi connectivity index (χ4n) is 12.1. The quantitative estimate of drug-likeness (QED) is 0.00848. The molecule has 758 valence electrons. The molecule has 0 radical (unpaired) electrons. The zero-order chi connectivity index (χ0) is 107. The molecule has 0 unspecified atom stereocenters. The van der Waals surface area contributed by atoms with E-state index in [2.05, 4.69) is 40.1 Å². The predicted molar refractivity (Wildman–Crippen MR) is 481 cm³/mol. The maximum atomic E-state index is 13.6. The minimum atomic E-state index is -6.09. The number of halogens is 18. The van der Waals surface area contributed by atoms with Gasteiger partial charge in [0.25, 0.3) is 34.8 Å². The summed E-state index contributed by atoms with van der Waals surface area (Å²) >= 11 is 11.1. The average molecular weight is 2090 g/mol. The Bertz CT molecular complexity index is 6850. The molecular weight excluding hydrogens is 2020 g/mol. The van der Waals surface area contributed by atoms with Crippen LogP contribution in [0.5, 0.6) is 11.5 Å². The number of hydrogen-bond acceptors (Lipinski definition) is 26. The Morgan fingerprint density at radius 1 is 0.444 bits per heavy atom. The van der Waals surface area contributed by atoms with E-state index in [1.54, 1.807) is 12.1 Å². The van der Waals surface area contributed by atoms with Crippen LogP contribution in [0.15, 0.2) is 237 Å². The molecule has 2 aliphatic heterocycles. The molecule has 35 nitrogen and oxygen atoms in total. The van der Waals surface area contributed by atoms with Crippen molar-refractivity contribution in [3.8, 4) is 34.0 Å². The van der Waals surface area contributed by atoms with Gasteiger partial charge in [-0.05, 0) is 178 Å². The molecule has 3 amide bonds. The summed E-state index contributed by atoms with van der Waals surface area (Å²) < 4.78 is 244. The highest BCUT2D eigenvalue weighted by atomic mass is 35.5. The number of nitro benzene ring substituents is 5. The first kappa shape index (κ1) is 113. The molecule has 0 saturated carbocycles. The number of carboxylic acids is 1. The topological polar surface area (TPSA) is 486 Å². The summed E-state index contributed by atoms with van der Waals surface area (Å²) in [4.78, 5) is 115. The molecule has 2 aliphatic rings. The molecule has 4 aromatic heterocycles. The van der Waals surface area contributed by atoms with Crippen LogP contribution < -0.4 is 30.5 Å². The number of phenols is 1. The number of hydrogen-bond donors (Lipinski definition) is 5. The van der Waals surface area contributed by atoms with Crippen LogP contribution >= 0.6 is 23.2 Å². The molecule has 55 heteroatoms. The number of nitrogens with zero attached hydrogens (tertiary/aromatic N) is 10. The molecule has 6 heterocycles. The first-order chi connectivity index (χ1) is 67.2. The summed E-state index contributed by atoms with van der Waals surface area (Å²) in [6.45, 7) is 9.41. The lowest BCUT2D eigenvalue weighted by Gasteiger charge is -2.32. The lowest BCUT2D eigenvalue weighted by Crippen LogP contribution is -2.41. The molecule has 0 aliphatic carbocycles. The lowest BCUT2D eigenvalue weighted by molar-refractivity contribution is -0.386. The van der Waals surface area contributed by atoms with Crippen molar-refractivity contribution in [2.45, 2.75) is 82.6 Å². The SMILES string of the molecule is CC1(C)OB(c2cc(F)ccc2[N+](=O)[O-])OC1(C)C.O=C(NCc1cccc(C(F)(F)F)c1)c1ccnc(-c2cc(F)ccc2[N+](=O)[O-])c1.O=C(NCc1cccc(C(F)(F)F)c1)c1ccnc(-c2cc(N3CCOCC3)ccc2[N+](=O)[O-])c1.O=C(NCc1cccc(C(F)(F)F)c1)c1ccnc(Cl)c1.O=C(O)c1ccnc(Cl)c1.O=[N+]([O-])c1ccc(F)cc1O.O=[N+]([O-])c1ccc(F)cc1OS(=O)(=O)C(F)(F)F. The van der Waals surface area contributed by atoms with Crippen molar-refractivity contribution in [1.82, 2.24) is 35.9 Å². The highest BCUT2D eigenvalue weighted by molar-refractivity contribution is 7.88. The normalized spacial score (nSPS) is 13.0. The number of alkyl halides is 12. The van der Waals surface area contributed by atoms with Gasteiger partial charge in [0, 0.05) is 122 Å². The van der Waals surface area contributed by atoms with Gasteiger partial charge in [-0.2, -0.15) is 61.1 Å². The van der Waals surface area contributed by atoms with Gasteiger partial charge in [0.2, 0.25) is 5.75 Å². The van der Waals surface area contributed by atoms with Crippen LogP contribution in [0, 0.1) is 73.8 Å². The molecule has 12 aromatic rings. The van der Waals surface area contributed by atoms with E-state index < -0.39 is 164 Å². The van der Waals surface area contributed by atoms with Gasteiger partial charge in [-0.25, -0.2) is 32.3 Å². The molecule has 144 heavy (non-hydrogen) atoms. The summed E-state index contributed by atoms with van der Waals surface area (Å²) in [5.41, 5.74) is -8.92. The number of nitrogens with one attached hydrogen (secondary N) is 3. The zero-order valence-corrected chi connectivity index (χ0v) is 76.1. The largest absolute Gasteiger partial charge is 0.534 e. The number of carbonyl (C=O) groups excluding carboxylic acids is 3. The fraction of sp³-hybridized carbons (Fsp3) is 0.191. The van der Waals surface area contributed by atoms with Gasteiger partial charge in [0.1, 0.15) is 33.6 Å². The van der Waals surface area contributed by atoms with E-state index in [4.69, 9.17) is 47.5 Å². The van der Waals surface area contributed by atoms with E-state index in [0.29, 0.717) is 55.6 Å². The highest BCUT2D eigenvalue weighted by Crippen LogP contribution is 2.41. The number of phenolic OH excluding ortho intramolecular Hbond substituents is 1. The summed E-state index contributed by atoms with van der Waals surface area (Å²) in [6, 6.07) is 39.5. The number of rotatable bonds is 21. The number of anilines is 1. The Labute approximate surface area is 811 Å². The van der Waals surface area contributed by atoms with Crippen LogP contribution in [-0.2, 0) is 62.3 Å². The monoisotopic (exact) mass is 2090 g/mol. The third kappa shape index (κ3) is 32.8. The van der Waals surface area contributed by atoms with Gasteiger partial charge in [-0.15, -0.1) is 0 Å². The molecule has 0 bridgehead atoms. The number of aromatic nitrogens is 4. The standard InChI is InChI=1S/C24H21F3N4O4.C20H13F4N3O3.C14H10ClF3N2O.C12H15BFNO4.C7H3F4NO5S.C6H4ClNO2.C6H4FNO3/c25-24(26,27)18-3-1-2-16(12-18)15-29-23(32)17-6-7-28-21(13-17)20-14-19(4-5-22(20)31(33)34)30-8-10-35-11-9-30;21-15-4-5-18(27(29)30)16(10-15)17-9-13(6-7-25-17)19(28)26-11-12-2-1-3-14(8-12)20(22,23)24;15-12-7-10(4-5-19-12)13(21)20-8-9-2-1-3-11(6-9)14(16,17)18;1-11(2)12(3,4)19-13(18-11)9-7-8(14)5-6-10(9)15(16)17;8-4-1-2-5(12(13)14)6(3-4)17-18(15,16)7(9,10)11;7-5-3-4(6(9)10)1-2-8-5;7-4-1-2-5(8(10)11)6(9)3-4/h1-7,12-14H,8-11,15H2,(H,29,32);1-10H,11H2,(H,26,28);1-7H,8H2,(H,20,21);5-7H,1-4H3;1-3H;1-3H,(H,9,10);1-3,9H. The molecule has 0 spiro atoms. The fourth-order valence-corrected chi connectivity index (χ4v) is 12.9. The third-order valence-corrected chi connectivity index (χ3v) is 21.2. The molecule has 5 N–H and O–H groups in total. The van der Waals surface area contributed by atoms with Gasteiger partial charge in [0.15, 0.2) is 5.75 Å². The maximum Gasteiger partial charge on any atom is 0.534 e. The van der Waals surface area contributed by atoms with Crippen LogP contribution in [0.25, 0.3) is 22.5 Å². The van der Waals surface area contributed by atoms with E-state index >= 15 is 0 Å². The van der Waals surface area contributed by atoms with Crippen molar-refractivity contribution in [1.29, 1.82) is 0 Å². The van der Waals surface area contributed by atoms with Gasteiger partial charge >= 0.3 is 58.6 Å². The predicted octanol–water partition coefficient (Wildman–Crippen LogP) is 19.7. The third-order valence-electron chi connectivity index (χ3n) is 19.8. The van der Waals surface area contributed by atoms with Crippen LogP contribution in [0.1, 0.15) is 103 Å². The summed E-state index contributed by atoms with van der Waals surface area (Å²) in [5.74, 6) is -7.77. The first-order valence-corrected chi connectivity index (χ1v) is 42.5. The van der Waals surface area contributed by atoms with Crippen molar-refractivity contribution < 1.29 is 151 Å². The molecular formula is C89H70BCl2F16N13O22S. The minimum absolute atomic E-state index is 0.00733. The minimum Gasteiger partial charge on any atom is -0.502 e. The Hall–Kier alpha value is -16.0. The number of nitro groups is 5. The van der Waals surface area contributed by atoms with E-state index in [1.807, 2.05) is 32.6 Å². The van der Waals surface area contributed by atoms with Gasteiger partial charge in [-0.1, -0.05) is 59.6 Å². The van der Waals surface area contributed by atoms with E-state index in [0.717, 1.165) is 90.6 Å². The van der Waals surface area contributed by atoms with E-state index in [9.17, 15) is 148 Å². The van der Waals surface area contributed by atoms with Crippen molar-refractivity contribution in [2.75, 3.05) is 31.2 Å². The zero-order valence-electron chi connectivity index (χ0n) is 73.8. The molecule has 0 atom stereocenters. The van der Waals surface area contributed by atoms with Crippen molar-refractivity contribution >= 4 is 104 Å². The average Bonchev–Trinajstić information content (AvgIpc) is 1.62. The number of carboxylic acid groups (broad SMARTS) is 1. The number of carbonyl (C=O) groups is 4. The summed E-state index contributed by atoms with van der Waals surface area (Å²) in [6.07, 6.45) is -8.07. The number of amides is 3. The van der Waals surface area contributed by atoms with Gasteiger partial charge in [0.05, 0.1) is 99.3 Å². The van der Waals surface area contributed by atoms with Crippen molar-refractivity contribution in [3.05, 3.63) is 377 Å². The van der Waals surface area contributed by atoms with Crippen LogP contribution in [0.2, 0.25) is 10.3 Å². The van der Waals surface area contributed by atoms with Gasteiger partial charge in [-0.3, -0.25) is 74.9 Å². The van der Waals surface area contributed by atoms with Crippen LogP contribution in [0.4, 0.5) is 104 Å². The Morgan fingerprint density at radius 3 is 1.17 bits per heavy atom. The first-order valence-electron chi connectivity index (χ1n) is 40.4. The lowest BCUT2D eigenvalue weighted by atomic mass is 9.78. The van der Waals surface area contributed by atoms with Crippen LogP contribution in [0.3, 0.4) is 0 Å². The Balaban J connectivity index is 0.000000213. The second-order valence-corrected chi connectivity index (χ2v) is 32.6. The highest BCUT2D eigenvalue weighted by Gasteiger charge is 2.54. The van der Waals surface area contributed by atoms with Crippen LogP contribution in [-0.4, -0.2) is 137 Å².